The number of aliphatic hydroxyl groups is 1. The van der Waals surface area contributed by atoms with Gasteiger partial charge in [-0.2, -0.15) is 13.2 Å². The molecule has 1 fully saturated rings. The SMILES string of the molecule is O=C(Nc1cc(-c2cnco2)ccn1)N1c2nc(-c3cccc(C(F)(F)F)c3)ccc2N2C[C@@H](O)[C@H]1C2. The molecular weight excluding hydrogens is 489 g/mol. The number of carbonyl (C=O) groups excluding carboxylic acids is 1. The second-order valence-corrected chi connectivity index (χ2v) is 8.75. The number of nitrogens with one attached hydrogen (secondary N) is 1. The summed E-state index contributed by atoms with van der Waals surface area (Å²) in [7, 11) is 0. The summed E-state index contributed by atoms with van der Waals surface area (Å²) in [5, 5.41) is 13.4. The van der Waals surface area contributed by atoms with E-state index in [2.05, 4.69) is 20.3 Å². The highest BCUT2D eigenvalue weighted by molar-refractivity contribution is 6.04. The zero-order valence-corrected chi connectivity index (χ0v) is 19.1. The van der Waals surface area contributed by atoms with Gasteiger partial charge in [0.05, 0.1) is 35.3 Å². The molecule has 2 amide bonds. The lowest BCUT2D eigenvalue weighted by Crippen LogP contribution is -2.51. The van der Waals surface area contributed by atoms with E-state index >= 15 is 0 Å². The van der Waals surface area contributed by atoms with Crippen molar-refractivity contribution >= 4 is 23.4 Å². The zero-order chi connectivity index (χ0) is 25.7. The molecule has 4 aromatic rings. The van der Waals surface area contributed by atoms with Crippen LogP contribution in [0.1, 0.15) is 5.56 Å². The average Bonchev–Trinajstić information content (AvgIpc) is 3.53. The fourth-order valence-electron chi connectivity index (χ4n) is 4.68. The molecule has 37 heavy (non-hydrogen) atoms. The minimum Gasteiger partial charge on any atom is -0.444 e. The van der Waals surface area contributed by atoms with Crippen LogP contribution in [0.5, 0.6) is 0 Å². The smallest absolute Gasteiger partial charge is 0.416 e. The number of rotatable bonds is 3. The van der Waals surface area contributed by atoms with Gasteiger partial charge in [-0.3, -0.25) is 10.2 Å². The van der Waals surface area contributed by atoms with Crippen LogP contribution in [-0.2, 0) is 6.18 Å². The lowest BCUT2D eigenvalue weighted by Gasteiger charge is -2.36. The van der Waals surface area contributed by atoms with Gasteiger partial charge in [-0.15, -0.1) is 0 Å². The van der Waals surface area contributed by atoms with Crippen LogP contribution >= 0.6 is 0 Å². The van der Waals surface area contributed by atoms with E-state index in [-0.39, 0.29) is 22.9 Å². The molecule has 1 saturated heterocycles. The Labute approximate surface area is 208 Å². The lowest BCUT2D eigenvalue weighted by atomic mass is 10.1. The monoisotopic (exact) mass is 508 g/mol. The predicted molar refractivity (Wildman–Crippen MR) is 128 cm³/mol. The van der Waals surface area contributed by atoms with Crippen LogP contribution in [0, 0.1) is 0 Å². The Hall–Kier alpha value is -4.45. The Morgan fingerprint density at radius 2 is 1.97 bits per heavy atom. The normalized spacial score (nSPS) is 18.6. The van der Waals surface area contributed by atoms with Gasteiger partial charge in [0.25, 0.3) is 0 Å². The van der Waals surface area contributed by atoms with E-state index in [1.54, 1.807) is 24.3 Å². The fourth-order valence-corrected chi connectivity index (χ4v) is 4.68. The van der Waals surface area contributed by atoms with Crippen LogP contribution in [0.2, 0.25) is 0 Å². The van der Waals surface area contributed by atoms with E-state index in [0.717, 1.165) is 12.1 Å². The minimum atomic E-state index is -4.50. The molecule has 0 spiro atoms. The summed E-state index contributed by atoms with van der Waals surface area (Å²) in [6.07, 6.45) is -1.01. The molecule has 5 heterocycles. The average molecular weight is 508 g/mol. The molecule has 2 aliphatic rings. The molecule has 6 rings (SSSR count). The molecule has 2 atom stereocenters. The first-order valence-electron chi connectivity index (χ1n) is 11.3. The molecule has 0 aliphatic carbocycles. The number of hydrogen-bond donors (Lipinski definition) is 2. The number of fused-ring (bicyclic) bond motifs is 4. The van der Waals surface area contributed by atoms with Gasteiger partial charge >= 0.3 is 12.2 Å². The van der Waals surface area contributed by atoms with Crippen molar-refractivity contribution in [2.45, 2.75) is 18.3 Å². The molecule has 2 aliphatic heterocycles. The van der Waals surface area contributed by atoms with Crippen molar-refractivity contribution in [1.29, 1.82) is 0 Å². The number of aromatic nitrogens is 3. The Kier molecular flexibility index (Phi) is 5.33. The first-order chi connectivity index (χ1) is 17.8. The number of hydrogen-bond acceptors (Lipinski definition) is 7. The molecule has 9 nitrogen and oxygen atoms in total. The second-order valence-electron chi connectivity index (χ2n) is 8.75. The standard InChI is InChI=1S/C25H19F3N6O3/c26-25(27,28)16-3-1-2-14(8-16)17-4-5-18-23(31-17)34(19-11-33(18)12-20(19)35)24(36)32-22-9-15(6-7-30-22)21-10-29-13-37-21/h1-10,13,19-20,35H,11-12H2,(H,30,32,36)/t19-,20-/m1/s1. The van der Waals surface area contributed by atoms with Crippen LogP contribution in [0.4, 0.5) is 35.3 Å². The van der Waals surface area contributed by atoms with E-state index in [1.165, 1.54) is 35.8 Å². The highest BCUT2D eigenvalue weighted by Crippen LogP contribution is 2.41. The summed E-state index contributed by atoms with van der Waals surface area (Å²) in [5.41, 5.74) is 0.981. The molecule has 0 radical (unpaired) electrons. The number of halogens is 3. The quantitative estimate of drug-likeness (QED) is 0.422. The molecule has 188 valence electrons. The van der Waals surface area contributed by atoms with Gasteiger partial charge in [0.2, 0.25) is 0 Å². The number of urea groups is 1. The van der Waals surface area contributed by atoms with E-state index in [0.29, 0.717) is 30.1 Å². The van der Waals surface area contributed by atoms with Gasteiger partial charge in [0.15, 0.2) is 18.0 Å². The zero-order valence-electron chi connectivity index (χ0n) is 19.1. The van der Waals surface area contributed by atoms with Crippen LogP contribution in [-0.4, -0.2) is 51.3 Å². The first-order valence-corrected chi connectivity index (χ1v) is 11.3. The molecule has 1 aromatic carbocycles. The number of aliphatic hydroxyl groups excluding tert-OH is 1. The van der Waals surface area contributed by atoms with Crippen LogP contribution < -0.4 is 15.1 Å². The van der Waals surface area contributed by atoms with Crippen molar-refractivity contribution in [2.24, 2.45) is 0 Å². The third kappa shape index (κ3) is 4.14. The summed E-state index contributed by atoms with van der Waals surface area (Å²) in [5.74, 6) is 0.978. The summed E-state index contributed by atoms with van der Waals surface area (Å²) >= 11 is 0. The summed E-state index contributed by atoms with van der Waals surface area (Å²) < 4.78 is 45.1. The first kappa shape index (κ1) is 23.0. The number of pyridine rings is 2. The third-order valence-corrected chi connectivity index (χ3v) is 6.43. The predicted octanol–water partition coefficient (Wildman–Crippen LogP) is 4.42. The largest absolute Gasteiger partial charge is 0.444 e. The number of anilines is 3. The maximum atomic E-state index is 13.5. The molecule has 12 heteroatoms. The van der Waals surface area contributed by atoms with Crippen molar-refractivity contribution in [3.05, 3.63) is 72.9 Å². The molecule has 3 aromatic heterocycles. The topological polar surface area (TPSA) is 108 Å². The highest BCUT2D eigenvalue weighted by Gasteiger charge is 2.45. The summed E-state index contributed by atoms with van der Waals surface area (Å²) in [6, 6.07) is 10.3. The van der Waals surface area contributed by atoms with Crippen LogP contribution in [0.15, 0.2) is 71.7 Å². The molecule has 2 N–H and O–H groups in total. The van der Waals surface area contributed by atoms with Gasteiger partial charge in [-0.25, -0.2) is 19.7 Å². The maximum Gasteiger partial charge on any atom is 0.416 e. The molecule has 2 bridgehead atoms. The molecule has 0 saturated carbocycles. The Morgan fingerprint density at radius 3 is 2.76 bits per heavy atom. The van der Waals surface area contributed by atoms with Crippen molar-refractivity contribution in [1.82, 2.24) is 15.0 Å². The van der Waals surface area contributed by atoms with Crippen molar-refractivity contribution < 1.29 is 27.5 Å². The Bertz CT molecular complexity index is 1480. The van der Waals surface area contributed by atoms with Gasteiger partial charge in [0, 0.05) is 30.4 Å². The van der Waals surface area contributed by atoms with Gasteiger partial charge in [0.1, 0.15) is 5.82 Å². The van der Waals surface area contributed by atoms with Crippen molar-refractivity contribution in [3.8, 4) is 22.6 Å². The van der Waals surface area contributed by atoms with E-state index in [4.69, 9.17) is 4.42 Å². The van der Waals surface area contributed by atoms with Gasteiger partial charge in [-0.05, 0) is 36.4 Å². The minimum absolute atomic E-state index is 0.240. The van der Waals surface area contributed by atoms with E-state index in [1.807, 2.05) is 4.90 Å². The molecular formula is C25H19F3N6O3. The van der Waals surface area contributed by atoms with E-state index in [9.17, 15) is 23.1 Å². The number of benzene rings is 1. The van der Waals surface area contributed by atoms with Crippen molar-refractivity contribution in [3.63, 3.8) is 0 Å². The number of amides is 2. The second kappa shape index (κ2) is 8.59. The van der Waals surface area contributed by atoms with Crippen molar-refractivity contribution in [2.75, 3.05) is 28.2 Å². The summed E-state index contributed by atoms with van der Waals surface area (Å²) in [4.78, 5) is 29.4. The lowest BCUT2D eigenvalue weighted by molar-refractivity contribution is -0.137. The van der Waals surface area contributed by atoms with Gasteiger partial charge in [-0.1, -0.05) is 12.1 Å². The van der Waals surface area contributed by atoms with Crippen LogP contribution in [0.25, 0.3) is 22.6 Å². The Balaban J connectivity index is 1.36. The summed E-state index contributed by atoms with van der Waals surface area (Å²) in [6.45, 7) is 0.683. The number of nitrogens with zero attached hydrogens (tertiary/aromatic N) is 5. The van der Waals surface area contributed by atoms with E-state index < -0.39 is 29.9 Å². The number of alkyl halides is 3. The highest BCUT2D eigenvalue weighted by atomic mass is 19.4. The number of carbonyl (C=O) groups is 1. The molecule has 0 unspecified atom stereocenters. The maximum absolute atomic E-state index is 13.5. The van der Waals surface area contributed by atoms with Gasteiger partial charge < -0.3 is 14.4 Å². The third-order valence-electron chi connectivity index (χ3n) is 6.43. The van der Waals surface area contributed by atoms with Crippen LogP contribution in [0.3, 0.4) is 0 Å². The number of oxazole rings is 1. The fraction of sp³-hybridized carbons (Fsp3) is 0.200. The Morgan fingerprint density at radius 1 is 1.11 bits per heavy atom.